The molecule has 0 fully saturated rings. The molecular formula is C14H15ClF2N4O2. The van der Waals surface area contributed by atoms with Gasteiger partial charge in [-0.3, -0.25) is 0 Å². The zero-order chi connectivity index (χ0) is 16.8. The van der Waals surface area contributed by atoms with E-state index in [9.17, 15) is 8.78 Å². The summed E-state index contributed by atoms with van der Waals surface area (Å²) < 4.78 is 34.6. The van der Waals surface area contributed by atoms with Crippen molar-refractivity contribution in [3.05, 3.63) is 35.2 Å². The molecule has 0 atom stereocenters. The molecule has 0 aliphatic heterocycles. The third-order valence-electron chi connectivity index (χ3n) is 2.98. The molecule has 1 heterocycles. The molecule has 0 aliphatic rings. The lowest BCUT2D eigenvalue weighted by molar-refractivity contribution is -0.0504. The second kappa shape index (κ2) is 7.77. The molecule has 0 saturated carbocycles. The SMILES string of the molecule is CNc1c(Cl)ncnc1NCc1cc(OC)ccc1OC(F)F. The highest BCUT2D eigenvalue weighted by molar-refractivity contribution is 6.32. The van der Waals surface area contributed by atoms with Crippen molar-refractivity contribution in [2.75, 3.05) is 24.8 Å². The second-order valence-corrected chi connectivity index (χ2v) is 4.70. The van der Waals surface area contributed by atoms with Gasteiger partial charge in [-0.15, -0.1) is 0 Å². The molecule has 124 valence electrons. The number of nitrogens with one attached hydrogen (secondary N) is 2. The molecule has 9 heteroatoms. The fraction of sp³-hybridized carbons (Fsp3) is 0.286. The summed E-state index contributed by atoms with van der Waals surface area (Å²) in [4.78, 5) is 7.93. The predicted molar refractivity (Wildman–Crippen MR) is 83.5 cm³/mol. The van der Waals surface area contributed by atoms with Gasteiger partial charge in [0.25, 0.3) is 0 Å². The van der Waals surface area contributed by atoms with Crippen molar-refractivity contribution in [2.45, 2.75) is 13.2 Å². The molecule has 0 amide bonds. The van der Waals surface area contributed by atoms with Gasteiger partial charge in [0.1, 0.15) is 23.5 Å². The monoisotopic (exact) mass is 344 g/mol. The first-order valence-electron chi connectivity index (χ1n) is 6.59. The Morgan fingerprint density at radius 2 is 2.09 bits per heavy atom. The average Bonchev–Trinajstić information content (AvgIpc) is 2.53. The van der Waals surface area contributed by atoms with Crippen LogP contribution in [0.4, 0.5) is 20.3 Å². The third-order valence-corrected chi connectivity index (χ3v) is 3.27. The van der Waals surface area contributed by atoms with Crippen LogP contribution in [0.3, 0.4) is 0 Å². The number of rotatable bonds is 7. The highest BCUT2D eigenvalue weighted by Crippen LogP contribution is 2.29. The maximum absolute atomic E-state index is 12.5. The van der Waals surface area contributed by atoms with Gasteiger partial charge in [0, 0.05) is 19.2 Å². The summed E-state index contributed by atoms with van der Waals surface area (Å²) in [5, 5.41) is 6.13. The van der Waals surface area contributed by atoms with E-state index in [1.807, 2.05) is 0 Å². The standard InChI is InChI=1S/C14H15ClF2N4O2/c1-18-11-12(15)20-7-21-13(11)19-6-8-5-9(22-2)3-4-10(8)23-14(16)17/h3-5,7,14,18H,6H2,1-2H3,(H,19,20,21). The lowest BCUT2D eigenvalue weighted by Gasteiger charge is -2.15. The average molecular weight is 345 g/mol. The molecule has 0 unspecified atom stereocenters. The van der Waals surface area contributed by atoms with Crippen molar-refractivity contribution in [3.8, 4) is 11.5 Å². The summed E-state index contributed by atoms with van der Waals surface area (Å²) in [6.07, 6.45) is 1.30. The van der Waals surface area contributed by atoms with Gasteiger partial charge in [-0.25, -0.2) is 9.97 Å². The lowest BCUT2D eigenvalue weighted by Crippen LogP contribution is -2.09. The predicted octanol–water partition coefficient (Wildman–Crippen LogP) is 3.39. The van der Waals surface area contributed by atoms with E-state index < -0.39 is 6.61 Å². The van der Waals surface area contributed by atoms with Crippen molar-refractivity contribution < 1.29 is 18.3 Å². The minimum Gasteiger partial charge on any atom is -0.497 e. The smallest absolute Gasteiger partial charge is 0.387 e. The minimum atomic E-state index is -2.91. The van der Waals surface area contributed by atoms with Crippen LogP contribution in [0.15, 0.2) is 24.5 Å². The number of anilines is 2. The molecule has 2 rings (SSSR count). The van der Waals surface area contributed by atoms with Crippen LogP contribution in [-0.2, 0) is 6.54 Å². The van der Waals surface area contributed by atoms with Crippen molar-refractivity contribution >= 4 is 23.1 Å². The normalized spacial score (nSPS) is 10.5. The van der Waals surface area contributed by atoms with Gasteiger partial charge in [-0.2, -0.15) is 8.78 Å². The molecule has 0 bridgehead atoms. The zero-order valence-electron chi connectivity index (χ0n) is 12.4. The topological polar surface area (TPSA) is 68.3 Å². The van der Waals surface area contributed by atoms with Crippen LogP contribution < -0.4 is 20.1 Å². The zero-order valence-corrected chi connectivity index (χ0v) is 13.2. The van der Waals surface area contributed by atoms with Gasteiger partial charge in [0.2, 0.25) is 0 Å². The van der Waals surface area contributed by atoms with E-state index >= 15 is 0 Å². The number of methoxy groups -OCH3 is 1. The molecule has 6 nitrogen and oxygen atoms in total. The van der Waals surface area contributed by atoms with E-state index in [1.54, 1.807) is 19.2 Å². The van der Waals surface area contributed by atoms with Crippen molar-refractivity contribution in [1.29, 1.82) is 0 Å². The van der Waals surface area contributed by atoms with E-state index in [0.29, 0.717) is 22.8 Å². The summed E-state index contributed by atoms with van der Waals surface area (Å²) in [6, 6.07) is 4.57. The quantitative estimate of drug-likeness (QED) is 0.750. The first-order valence-corrected chi connectivity index (χ1v) is 6.96. The Morgan fingerprint density at radius 3 is 2.74 bits per heavy atom. The molecule has 2 N–H and O–H groups in total. The van der Waals surface area contributed by atoms with Crippen LogP contribution in [0.25, 0.3) is 0 Å². The maximum atomic E-state index is 12.5. The molecule has 0 saturated heterocycles. The Kier molecular flexibility index (Phi) is 5.75. The van der Waals surface area contributed by atoms with Gasteiger partial charge < -0.3 is 20.1 Å². The minimum absolute atomic E-state index is 0.0551. The summed E-state index contributed by atoms with van der Waals surface area (Å²) in [5.41, 5.74) is 0.995. The Balaban J connectivity index is 2.23. The Morgan fingerprint density at radius 1 is 1.30 bits per heavy atom. The number of hydrogen-bond donors (Lipinski definition) is 2. The first-order chi connectivity index (χ1) is 11.0. The van der Waals surface area contributed by atoms with E-state index in [4.69, 9.17) is 16.3 Å². The highest BCUT2D eigenvalue weighted by atomic mass is 35.5. The molecule has 2 aromatic rings. The third kappa shape index (κ3) is 4.32. The van der Waals surface area contributed by atoms with Crippen molar-refractivity contribution in [1.82, 2.24) is 9.97 Å². The van der Waals surface area contributed by atoms with E-state index in [-0.39, 0.29) is 17.4 Å². The van der Waals surface area contributed by atoms with Crippen LogP contribution in [0.1, 0.15) is 5.56 Å². The summed E-state index contributed by atoms with van der Waals surface area (Å²) in [5.74, 6) is 1.02. The lowest BCUT2D eigenvalue weighted by atomic mass is 10.2. The van der Waals surface area contributed by atoms with Crippen molar-refractivity contribution in [3.63, 3.8) is 0 Å². The summed E-state index contributed by atoms with van der Waals surface area (Å²) in [6.45, 7) is -2.73. The van der Waals surface area contributed by atoms with Crippen molar-refractivity contribution in [2.24, 2.45) is 0 Å². The van der Waals surface area contributed by atoms with Crippen LogP contribution in [-0.4, -0.2) is 30.7 Å². The fourth-order valence-electron chi connectivity index (χ4n) is 1.93. The summed E-state index contributed by atoms with van der Waals surface area (Å²) in [7, 11) is 3.16. The van der Waals surface area contributed by atoms with E-state index in [1.165, 1.54) is 19.5 Å². The van der Waals surface area contributed by atoms with Gasteiger partial charge in [0.15, 0.2) is 11.0 Å². The Bertz CT molecular complexity index is 673. The maximum Gasteiger partial charge on any atom is 0.387 e. The molecule has 0 aliphatic carbocycles. The number of halogens is 3. The summed E-state index contributed by atoms with van der Waals surface area (Å²) >= 11 is 5.96. The number of hydrogen-bond acceptors (Lipinski definition) is 6. The molecular weight excluding hydrogens is 330 g/mol. The molecule has 1 aromatic heterocycles. The first kappa shape index (κ1) is 17.0. The number of aromatic nitrogens is 2. The highest BCUT2D eigenvalue weighted by Gasteiger charge is 2.13. The molecule has 0 spiro atoms. The Hall–Kier alpha value is -2.35. The van der Waals surface area contributed by atoms with Crippen LogP contribution in [0.2, 0.25) is 5.15 Å². The van der Waals surface area contributed by atoms with E-state index in [2.05, 4.69) is 25.3 Å². The Labute approximate surface area is 136 Å². The van der Waals surface area contributed by atoms with Gasteiger partial charge >= 0.3 is 6.61 Å². The largest absolute Gasteiger partial charge is 0.497 e. The van der Waals surface area contributed by atoms with E-state index in [0.717, 1.165) is 0 Å². The number of benzene rings is 1. The van der Waals surface area contributed by atoms with Crippen LogP contribution in [0, 0.1) is 0 Å². The molecule has 0 radical (unpaired) electrons. The van der Waals surface area contributed by atoms with Crippen LogP contribution >= 0.6 is 11.6 Å². The van der Waals surface area contributed by atoms with Gasteiger partial charge in [-0.1, -0.05) is 11.6 Å². The van der Waals surface area contributed by atoms with Gasteiger partial charge in [-0.05, 0) is 18.2 Å². The number of alkyl halides is 2. The molecule has 23 heavy (non-hydrogen) atoms. The fourth-order valence-corrected chi connectivity index (χ4v) is 2.16. The van der Waals surface area contributed by atoms with Crippen LogP contribution in [0.5, 0.6) is 11.5 Å². The number of ether oxygens (including phenoxy) is 2. The molecule has 1 aromatic carbocycles. The second-order valence-electron chi connectivity index (χ2n) is 4.34. The van der Waals surface area contributed by atoms with Gasteiger partial charge in [0.05, 0.1) is 7.11 Å². The number of nitrogens with zero attached hydrogens (tertiary/aromatic N) is 2.